The second-order valence-electron chi connectivity index (χ2n) is 7.05. The molecule has 2 amide bonds. The fourth-order valence-corrected chi connectivity index (χ4v) is 3.14. The van der Waals surface area contributed by atoms with E-state index in [9.17, 15) is 9.59 Å². The van der Waals surface area contributed by atoms with Gasteiger partial charge in [-0.05, 0) is 57.0 Å². The number of aryl methyl sites for hydroxylation is 1. The molecule has 29 heavy (non-hydrogen) atoms. The lowest BCUT2D eigenvalue weighted by atomic mass is 10.1. The summed E-state index contributed by atoms with van der Waals surface area (Å²) in [6.45, 7) is 10.8. The molecule has 2 aromatic rings. The second-order valence-corrected chi connectivity index (χ2v) is 7.05. The molecule has 2 rings (SSSR count). The number of unbranched alkanes of at least 4 members (excludes halogenated alkanes) is 2. The number of rotatable bonds is 10. The van der Waals surface area contributed by atoms with Crippen molar-refractivity contribution < 1.29 is 9.59 Å². The van der Waals surface area contributed by atoms with E-state index >= 15 is 0 Å². The minimum absolute atomic E-state index is 0.206. The van der Waals surface area contributed by atoms with Gasteiger partial charge in [0.05, 0.1) is 11.1 Å². The van der Waals surface area contributed by atoms with Crippen molar-refractivity contribution in [1.29, 1.82) is 0 Å². The van der Waals surface area contributed by atoms with Crippen LogP contribution in [0.3, 0.4) is 0 Å². The molecule has 0 saturated heterocycles. The summed E-state index contributed by atoms with van der Waals surface area (Å²) < 4.78 is 0. The van der Waals surface area contributed by atoms with E-state index in [1.165, 1.54) is 12.4 Å². The smallest absolute Gasteiger partial charge is 0.257 e. The Balaban J connectivity index is 2.06. The number of aromatic nitrogens is 1. The summed E-state index contributed by atoms with van der Waals surface area (Å²) in [7, 11) is 0. The number of benzene rings is 1. The van der Waals surface area contributed by atoms with Gasteiger partial charge in [0.25, 0.3) is 11.8 Å². The van der Waals surface area contributed by atoms with E-state index < -0.39 is 0 Å². The molecule has 0 fully saturated rings. The van der Waals surface area contributed by atoms with E-state index in [4.69, 9.17) is 0 Å². The van der Waals surface area contributed by atoms with Crippen LogP contribution in [0.25, 0.3) is 0 Å². The number of carbonyl (C=O) groups is 2. The van der Waals surface area contributed by atoms with E-state index in [1.54, 1.807) is 6.07 Å². The van der Waals surface area contributed by atoms with Gasteiger partial charge in [-0.15, -0.1) is 0 Å². The molecule has 0 unspecified atom stereocenters. The van der Waals surface area contributed by atoms with Gasteiger partial charge < -0.3 is 15.5 Å². The first-order valence-electron chi connectivity index (χ1n) is 10.4. The summed E-state index contributed by atoms with van der Waals surface area (Å²) in [6, 6.07) is 7.57. The van der Waals surface area contributed by atoms with E-state index in [-0.39, 0.29) is 11.8 Å². The maximum absolute atomic E-state index is 12.7. The van der Waals surface area contributed by atoms with Crippen LogP contribution in [-0.2, 0) is 0 Å². The first-order valence-corrected chi connectivity index (χ1v) is 10.4. The number of nitrogens with zero attached hydrogens (tertiary/aromatic N) is 2. The fourth-order valence-electron chi connectivity index (χ4n) is 3.14. The molecule has 6 nitrogen and oxygen atoms in total. The van der Waals surface area contributed by atoms with Crippen LogP contribution in [0.4, 0.5) is 11.4 Å². The molecule has 0 aliphatic carbocycles. The highest BCUT2D eigenvalue weighted by molar-refractivity contribution is 6.06. The average Bonchev–Trinajstić information content (AvgIpc) is 2.74. The Kier molecular flexibility index (Phi) is 8.65. The SMILES string of the molecule is CCCCCNC(=O)c1cncc(C(=O)Nc2ccc(N(CC)CC)cc2C)c1. The Morgan fingerprint density at radius 1 is 0.966 bits per heavy atom. The predicted molar refractivity (Wildman–Crippen MR) is 119 cm³/mol. The Morgan fingerprint density at radius 3 is 2.28 bits per heavy atom. The van der Waals surface area contributed by atoms with E-state index in [2.05, 4.69) is 47.4 Å². The van der Waals surface area contributed by atoms with Crippen LogP contribution in [0.2, 0.25) is 0 Å². The number of anilines is 2. The fraction of sp³-hybridized carbons (Fsp3) is 0.435. The quantitative estimate of drug-likeness (QED) is 0.584. The van der Waals surface area contributed by atoms with Crippen molar-refractivity contribution in [3.63, 3.8) is 0 Å². The zero-order chi connectivity index (χ0) is 21.2. The third-order valence-electron chi connectivity index (χ3n) is 4.92. The summed E-state index contributed by atoms with van der Waals surface area (Å²) in [5, 5.41) is 5.80. The number of amides is 2. The molecular weight excluding hydrogens is 364 g/mol. The molecule has 156 valence electrons. The summed E-state index contributed by atoms with van der Waals surface area (Å²) in [6.07, 6.45) is 6.08. The number of pyridine rings is 1. The van der Waals surface area contributed by atoms with Crippen LogP contribution in [0, 0.1) is 6.92 Å². The van der Waals surface area contributed by atoms with Crippen molar-refractivity contribution in [2.75, 3.05) is 29.9 Å². The van der Waals surface area contributed by atoms with Gasteiger partial charge in [-0.3, -0.25) is 14.6 Å². The molecule has 2 N–H and O–H groups in total. The van der Waals surface area contributed by atoms with Crippen molar-refractivity contribution in [2.24, 2.45) is 0 Å². The lowest BCUT2D eigenvalue weighted by molar-refractivity contribution is 0.0952. The van der Waals surface area contributed by atoms with Gasteiger partial charge in [0.15, 0.2) is 0 Å². The lowest BCUT2D eigenvalue weighted by Gasteiger charge is -2.22. The standard InChI is InChI=1S/C23H32N4O2/c1-5-8-9-12-25-22(28)18-14-19(16-24-15-18)23(29)26-21-11-10-20(13-17(21)4)27(6-2)7-3/h10-11,13-16H,5-9,12H2,1-4H3,(H,25,28)(H,26,29). The Hall–Kier alpha value is -2.89. The normalized spacial score (nSPS) is 10.5. The van der Waals surface area contributed by atoms with E-state index in [1.807, 2.05) is 19.1 Å². The Labute approximate surface area is 173 Å². The topological polar surface area (TPSA) is 74.3 Å². The molecule has 0 bridgehead atoms. The van der Waals surface area contributed by atoms with Crippen molar-refractivity contribution in [1.82, 2.24) is 10.3 Å². The van der Waals surface area contributed by atoms with Crippen molar-refractivity contribution >= 4 is 23.2 Å². The molecular formula is C23H32N4O2. The van der Waals surface area contributed by atoms with Crippen LogP contribution < -0.4 is 15.5 Å². The first-order chi connectivity index (χ1) is 14.0. The molecule has 0 aliphatic rings. The second kappa shape index (κ2) is 11.2. The van der Waals surface area contributed by atoms with Crippen LogP contribution in [0.15, 0.2) is 36.7 Å². The number of nitrogens with one attached hydrogen (secondary N) is 2. The van der Waals surface area contributed by atoms with Crippen LogP contribution in [0.5, 0.6) is 0 Å². The number of hydrogen-bond acceptors (Lipinski definition) is 4. The van der Waals surface area contributed by atoms with Gasteiger partial charge in [-0.1, -0.05) is 19.8 Å². The summed E-state index contributed by atoms with van der Waals surface area (Å²) >= 11 is 0. The van der Waals surface area contributed by atoms with Gasteiger partial charge in [0.2, 0.25) is 0 Å². The van der Waals surface area contributed by atoms with Crippen LogP contribution in [0.1, 0.15) is 66.3 Å². The highest BCUT2D eigenvalue weighted by atomic mass is 16.2. The lowest BCUT2D eigenvalue weighted by Crippen LogP contribution is -2.25. The van der Waals surface area contributed by atoms with Crippen molar-refractivity contribution in [2.45, 2.75) is 47.0 Å². The number of carbonyl (C=O) groups excluding carboxylic acids is 2. The van der Waals surface area contributed by atoms with Crippen molar-refractivity contribution in [3.05, 3.63) is 53.3 Å². The molecule has 0 spiro atoms. The average molecular weight is 397 g/mol. The minimum atomic E-state index is -0.281. The Bertz CT molecular complexity index is 831. The first kappa shape index (κ1) is 22.4. The third kappa shape index (κ3) is 6.31. The maximum atomic E-state index is 12.7. The zero-order valence-electron chi connectivity index (χ0n) is 17.9. The largest absolute Gasteiger partial charge is 0.372 e. The molecule has 1 aromatic carbocycles. The number of hydrogen-bond donors (Lipinski definition) is 2. The molecule has 6 heteroatoms. The predicted octanol–water partition coefficient (Wildman–Crippen LogP) is 4.41. The third-order valence-corrected chi connectivity index (χ3v) is 4.92. The van der Waals surface area contributed by atoms with E-state index in [0.29, 0.717) is 17.7 Å². The highest BCUT2D eigenvalue weighted by Crippen LogP contribution is 2.23. The summed E-state index contributed by atoms with van der Waals surface area (Å²) in [5.41, 5.74) is 3.62. The van der Waals surface area contributed by atoms with Gasteiger partial charge >= 0.3 is 0 Å². The molecule has 0 aliphatic heterocycles. The van der Waals surface area contributed by atoms with Crippen LogP contribution >= 0.6 is 0 Å². The van der Waals surface area contributed by atoms with Gasteiger partial charge in [0.1, 0.15) is 0 Å². The Morgan fingerprint density at radius 2 is 1.66 bits per heavy atom. The van der Waals surface area contributed by atoms with Crippen LogP contribution in [-0.4, -0.2) is 36.4 Å². The maximum Gasteiger partial charge on any atom is 0.257 e. The van der Waals surface area contributed by atoms with Gasteiger partial charge in [-0.25, -0.2) is 0 Å². The van der Waals surface area contributed by atoms with Gasteiger partial charge in [0, 0.05) is 43.4 Å². The molecule has 1 heterocycles. The molecule has 0 atom stereocenters. The molecule has 0 radical (unpaired) electrons. The summed E-state index contributed by atoms with van der Waals surface area (Å²) in [5.74, 6) is -0.486. The zero-order valence-corrected chi connectivity index (χ0v) is 17.9. The molecule has 1 aromatic heterocycles. The van der Waals surface area contributed by atoms with E-state index in [0.717, 1.165) is 49.3 Å². The minimum Gasteiger partial charge on any atom is -0.372 e. The van der Waals surface area contributed by atoms with Gasteiger partial charge in [-0.2, -0.15) is 0 Å². The van der Waals surface area contributed by atoms with Crippen molar-refractivity contribution in [3.8, 4) is 0 Å². The monoisotopic (exact) mass is 396 g/mol. The molecule has 0 saturated carbocycles. The summed E-state index contributed by atoms with van der Waals surface area (Å²) in [4.78, 5) is 31.3. The highest BCUT2D eigenvalue weighted by Gasteiger charge is 2.13.